The standard InChI is InChI=1S/C22H23FN4O7S/c1-31-17-11-13(12-18(32-2)19(17)33-3)21-25-26-22(34-21)24-20(28)16-5-4-10-27(16)35(29,30)15-8-6-14(23)7-9-15/h6-9,11-12,16H,4-5,10H2,1-3H3,(H,24,26,28). The van der Waals surface area contributed by atoms with E-state index >= 15 is 0 Å². The monoisotopic (exact) mass is 506 g/mol. The maximum atomic E-state index is 13.2. The van der Waals surface area contributed by atoms with Crippen molar-refractivity contribution < 1.29 is 36.2 Å². The number of amides is 1. The average Bonchev–Trinajstić information content (AvgIpc) is 3.54. The lowest BCUT2D eigenvalue weighted by Gasteiger charge is -2.22. The Kier molecular flexibility index (Phi) is 6.89. The molecule has 0 aliphatic carbocycles. The van der Waals surface area contributed by atoms with Crippen LogP contribution in [0.15, 0.2) is 45.7 Å². The summed E-state index contributed by atoms with van der Waals surface area (Å²) in [5.74, 6) is 0.0287. The van der Waals surface area contributed by atoms with Crippen LogP contribution in [0.3, 0.4) is 0 Å². The lowest BCUT2D eigenvalue weighted by molar-refractivity contribution is -0.119. The van der Waals surface area contributed by atoms with Gasteiger partial charge in [-0.25, -0.2) is 12.8 Å². The third-order valence-corrected chi connectivity index (χ3v) is 7.42. The predicted octanol–water partition coefficient (Wildman–Crippen LogP) is 2.69. The van der Waals surface area contributed by atoms with E-state index < -0.39 is 27.8 Å². The van der Waals surface area contributed by atoms with Crippen molar-refractivity contribution >= 4 is 21.9 Å². The van der Waals surface area contributed by atoms with Crippen molar-refractivity contribution in [2.45, 2.75) is 23.8 Å². The molecule has 35 heavy (non-hydrogen) atoms. The first-order valence-corrected chi connectivity index (χ1v) is 11.9. The summed E-state index contributed by atoms with van der Waals surface area (Å²) in [6.07, 6.45) is 0.791. The molecule has 1 aliphatic rings. The fourth-order valence-corrected chi connectivity index (χ4v) is 5.47. The molecule has 1 saturated heterocycles. The van der Waals surface area contributed by atoms with E-state index in [1.54, 1.807) is 12.1 Å². The molecule has 1 atom stereocenters. The van der Waals surface area contributed by atoms with Crippen molar-refractivity contribution in [3.8, 4) is 28.7 Å². The zero-order valence-corrected chi connectivity index (χ0v) is 20.0. The van der Waals surface area contributed by atoms with Gasteiger partial charge in [0.2, 0.25) is 27.6 Å². The van der Waals surface area contributed by atoms with Crippen LogP contribution in [0.25, 0.3) is 11.5 Å². The molecule has 0 saturated carbocycles. The van der Waals surface area contributed by atoms with E-state index in [4.69, 9.17) is 18.6 Å². The van der Waals surface area contributed by atoms with E-state index in [2.05, 4.69) is 15.5 Å². The molecule has 1 unspecified atom stereocenters. The minimum Gasteiger partial charge on any atom is -0.493 e. The van der Waals surface area contributed by atoms with Crippen LogP contribution < -0.4 is 19.5 Å². The Morgan fingerprint density at radius 2 is 1.74 bits per heavy atom. The van der Waals surface area contributed by atoms with Gasteiger partial charge in [0.1, 0.15) is 11.9 Å². The van der Waals surface area contributed by atoms with Gasteiger partial charge in [0.15, 0.2) is 11.5 Å². The van der Waals surface area contributed by atoms with Gasteiger partial charge >= 0.3 is 6.01 Å². The Morgan fingerprint density at radius 3 is 2.34 bits per heavy atom. The van der Waals surface area contributed by atoms with Crippen molar-refractivity contribution in [1.82, 2.24) is 14.5 Å². The number of carbonyl (C=O) groups excluding carboxylic acids is 1. The molecule has 0 spiro atoms. The van der Waals surface area contributed by atoms with Crippen molar-refractivity contribution in [1.29, 1.82) is 0 Å². The zero-order chi connectivity index (χ0) is 25.2. The van der Waals surface area contributed by atoms with Crippen LogP contribution in [0.2, 0.25) is 0 Å². The van der Waals surface area contributed by atoms with Crippen molar-refractivity contribution in [2.24, 2.45) is 0 Å². The van der Waals surface area contributed by atoms with Crippen LogP contribution in [0.5, 0.6) is 17.2 Å². The maximum absolute atomic E-state index is 13.2. The number of nitrogens with zero attached hydrogens (tertiary/aromatic N) is 3. The summed E-state index contributed by atoms with van der Waals surface area (Å²) >= 11 is 0. The van der Waals surface area contributed by atoms with E-state index in [-0.39, 0.29) is 23.3 Å². The van der Waals surface area contributed by atoms with Gasteiger partial charge in [-0.1, -0.05) is 5.10 Å². The Hall–Kier alpha value is -3.71. The summed E-state index contributed by atoms with van der Waals surface area (Å²) in [6.45, 7) is 0.151. The highest BCUT2D eigenvalue weighted by Gasteiger charge is 2.40. The average molecular weight is 507 g/mol. The van der Waals surface area contributed by atoms with Gasteiger partial charge in [0.05, 0.1) is 26.2 Å². The van der Waals surface area contributed by atoms with Crippen LogP contribution in [0.4, 0.5) is 10.4 Å². The summed E-state index contributed by atoms with van der Waals surface area (Å²) in [4.78, 5) is 12.8. The quantitative estimate of drug-likeness (QED) is 0.489. The van der Waals surface area contributed by atoms with Gasteiger partial charge in [-0.15, -0.1) is 5.10 Å². The number of nitrogens with one attached hydrogen (secondary N) is 1. The second-order valence-electron chi connectivity index (χ2n) is 7.54. The van der Waals surface area contributed by atoms with Crippen LogP contribution in [0, 0.1) is 5.82 Å². The Balaban J connectivity index is 1.54. The largest absolute Gasteiger partial charge is 0.493 e. The fourth-order valence-electron chi connectivity index (χ4n) is 3.82. The van der Waals surface area contributed by atoms with Gasteiger partial charge < -0.3 is 18.6 Å². The summed E-state index contributed by atoms with van der Waals surface area (Å²) < 4.78 is 61.9. The van der Waals surface area contributed by atoms with Crippen LogP contribution in [0.1, 0.15) is 12.8 Å². The highest BCUT2D eigenvalue weighted by atomic mass is 32.2. The molecule has 1 fully saturated rings. The molecular formula is C22H23FN4O7S. The van der Waals surface area contributed by atoms with Gasteiger partial charge in [-0.2, -0.15) is 4.31 Å². The number of benzene rings is 2. The van der Waals surface area contributed by atoms with E-state index in [0.29, 0.717) is 35.7 Å². The number of rotatable bonds is 8. The zero-order valence-electron chi connectivity index (χ0n) is 19.1. The minimum atomic E-state index is -4.00. The molecule has 0 radical (unpaired) electrons. The fraction of sp³-hybridized carbons (Fsp3) is 0.318. The maximum Gasteiger partial charge on any atom is 0.322 e. The van der Waals surface area contributed by atoms with Gasteiger partial charge in [-0.05, 0) is 49.2 Å². The van der Waals surface area contributed by atoms with Crippen LogP contribution >= 0.6 is 0 Å². The summed E-state index contributed by atoms with van der Waals surface area (Å²) in [5, 5.41) is 10.3. The van der Waals surface area contributed by atoms with E-state index in [0.717, 1.165) is 16.4 Å². The smallest absolute Gasteiger partial charge is 0.322 e. The number of hydrogen-bond acceptors (Lipinski definition) is 9. The summed E-state index contributed by atoms with van der Waals surface area (Å²) in [7, 11) is 0.405. The highest BCUT2D eigenvalue weighted by molar-refractivity contribution is 7.89. The third kappa shape index (κ3) is 4.77. The molecule has 11 nitrogen and oxygen atoms in total. The SMILES string of the molecule is COc1cc(-c2nnc(NC(=O)C3CCCN3S(=O)(=O)c3ccc(F)cc3)o2)cc(OC)c1OC. The molecular weight excluding hydrogens is 483 g/mol. The molecule has 1 amide bonds. The minimum absolute atomic E-state index is 0.0711. The Bertz CT molecular complexity index is 1300. The highest BCUT2D eigenvalue weighted by Crippen LogP contribution is 2.41. The number of anilines is 1. The molecule has 1 N–H and O–H groups in total. The number of carbonyl (C=O) groups is 1. The first-order valence-electron chi connectivity index (χ1n) is 10.5. The van der Waals surface area contributed by atoms with E-state index in [9.17, 15) is 17.6 Å². The predicted molar refractivity (Wildman–Crippen MR) is 121 cm³/mol. The third-order valence-electron chi connectivity index (χ3n) is 5.49. The second-order valence-corrected chi connectivity index (χ2v) is 9.43. The van der Waals surface area contributed by atoms with Crippen molar-refractivity contribution in [3.63, 3.8) is 0 Å². The molecule has 3 aromatic rings. The number of ether oxygens (including phenoxy) is 3. The van der Waals surface area contributed by atoms with Gasteiger partial charge in [0, 0.05) is 12.1 Å². The molecule has 1 aromatic heterocycles. The van der Waals surface area contributed by atoms with Gasteiger partial charge in [-0.3, -0.25) is 10.1 Å². The molecule has 186 valence electrons. The number of hydrogen-bond donors (Lipinski definition) is 1. The lowest BCUT2D eigenvalue weighted by Crippen LogP contribution is -2.43. The lowest BCUT2D eigenvalue weighted by atomic mass is 10.2. The molecule has 0 bridgehead atoms. The van der Waals surface area contributed by atoms with Gasteiger partial charge in [0.25, 0.3) is 0 Å². The Labute approximate surface area is 200 Å². The first-order chi connectivity index (χ1) is 16.8. The number of halogens is 1. The normalized spacial score (nSPS) is 16.2. The van der Waals surface area contributed by atoms with Crippen molar-refractivity contribution in [3.05, 3.63) is 42.2 Å². The number of methoxy groups -OCH3 is 3. The molecule has 2 aromatic carbocycles. The molecule has 13 heteroatoms. The summed E-state index contributed by atoms with van der Waals surface area (Å²) in [6, 6.07) is 6.47. The molecule has 4 rings (SSSR count). The first kappa shape index (κ1) is 24.4. The van der Waals surface area contributed by atoms with Crippen molar-refractivity contribution in [2.75, 3.05) is 33.2 Å². The van der Waals surface area contributed by atoms with Crippen LogP contribution in [-0.4, -0.2) is 62.7 Å². The van der Waals surface area contributed by atoms with E-state index in [1.165, 1.54) is 33.5 Å². The second kappa shape index (κ2) is 9.88. The Morgan fingerprint density at radius 1 is 1.09 bits per heavy atom. The number of aromatic nitrogens is 2. The summed E-state index contributed by atoms with van der Waals surface area (Å²) in [5.41, 5.74) is 0.453. The molecule has 2 heterocycles. The van der Waals surface area contributed by atoms with Crippen LogP contribution in [-0.2, 0) is 14.8 Å². The van der Waals surface area contributed by atoms with E-state index in [1.807, 2.05) is 0 Å². The molecule has 1 aliphatic heterocycles. The number of sulfonamides is 1. The topological polar surface area (TPSA) is 133 Å².